The summed E-state index contributed by atoms with van der Waals surface area (Å²) in [4.78, 5) is 2.29. The molecule has 1 heterocycles. The van der Waals surface area contributed by atoms with Gasteiger partial charge in [-0.3, -0.25) is 4.90 Å². The maximum Gasteiger partial charge on any atom is 0.101 e. The third-order valence-corrected chi connectivity index (χ3v) is 2.91. The van der Waals surface area contributed by atoms with Crippen LogP contribution in [0.4, 0.5) is 4.39 Å². The molecule has 0 amide bonds. The Morgan fingerprint density at radius 1 is 1.50 bits per heavy atom. The molecule has 0 radical (unpaired) electrons. The Hall–Kier alpha value is -0.550. The van der Waals surface area contributed by atoms with E-state index in [1.165, 1.54) is 0 Å². The van der Waals surface area contributed by atoms with Crippen LogP contribution in [0, 0.1) is 17.3 Å². The second-order valence-electron chi connectivity index (χ2n) is 4.08. The van der Waals surface area contributed by atoms with Gasteiger partial charge in [-0.2, -0.15) is 0 Å². The van der Waals surface area contributed by atoms with Crippen molar-refractivity contribution in [3.05, 3.63) is 0 Å². The predicted octanol–water partition coefficient (Wildman–Crippen LogP) is 1.44. The molecule has 2 heteroatoms. The molecule has 12 heavy (non-hydrogen) atoms. The van der Waals surface area contributed by atoms with Crippen molar-refractivity contribution in [1.82, 2.24) is 4.90 Å². The highest BCUT2D eigenvalue weighted by atomic mass is 19.1. The second kappa shape index (κ2) is 2.74. The second-order valence-corrected chi connectivity index (χ2v) is 4.08. The Morgan fingerprint density at radius 2 is 2.17 bits per heavy atom. The molecule has 2 rings (SSSR count). The zero-order chi connectivity index (χ0) is 8.60. The zero-order valence-corrected chi connectivity index (χ0v) is 7.44. The van der Waals surface area contributed by atoms with Crippen molar-refractivity contribution in [2.45, 2.75) is 25.9 Å². The molecule has 0 N–H and O–H groups in total. The molecule has 0 atom stereocenters. The number of alkyl halides is 1. The molecule has 1 aliphatic carbocycles. The molecule has 1 saturated heterocycles. The monoisotopic (exact) mass is 167 g/mol. The van der Waals surface area contributed by atoms with E-state index >= 15 is 0 Å². The quantitative estimate of drug-likeness (QED) is 0.534. The predicted molar refractivity (Wildman–Crippen MR) is 46.5 cm³/mol. The average molecular weight is 167 g/mol. The summed E-state index contributed by atoms with van der Waals surface area (Å²) in [6.07, 6.45) is 1.08. The van der Waals surface area contributed by atoms with Crippen molar-refractivity contribution < 1.29 is 4.39 Å². The molecule has 1 nitrogen and oxygen atoms in total. The fraction of sp³-hybridized carbons (Fsp3) is 0.800. The van der Waals surface area contributed by atoms with Crippen LogP contribution in [0.3, 0.4) is 0 Å². The minimum atomic E-state index is -0.510. The smallest absolute Gasteiger partial charge is 0.101 e. The van der Waals surface area contributed by atoms with Crippen LogP contribution in [-0.4, -0.2) is 30.7 Å². The van der Waals surface area contributed by atoms with E-state index in [0.717, 1.165) is 32.5 Å². The van der Waals surface area contributed by atoms with Gasteiger partial charge in [-0.1, -0.05) is 5.92 Å². The maximum absolute atomic E-state index is 12.6. The Labute approximate surface area is 72.9 Å². The Balaban J connectivity index is 1.72. The molecule has 2 fully saturated rings. The maximum atomic E-state index is 12.6. The van der Waals surface area contributed by atoms with Gasteiger partial charge in [-0.25, -0.2) is 4.39 Å². The van der Waals surface area contributed by atoms with Crippen molar-refractivity contribution in [2.24, 2.45) is 5.41 Å². The summed E-state index contributed by atoms with van der Waals surface area (Å²) in [5.41, 5.74) is 0.370. The van der Waals surface area contributed by atoms with Gasteiger partial charge in [0.25, 0.3) is 0 Å². The summed E-state index contributed by atoms with van der Waals surface area (Å²) in [6.45, 7) is 4.87. The van der Waals surface area contributed by atoms with E-state index in [-0.39, 0.29) is 0 Å². The fourth-order valence-electron chi connectivity index (χ4n) is 2.34. The van der Waals surface area contributed by atoms with E-state index in [4.69, 9.17) is 0 Å². The molecule has 1 saturated carbocycles. The SMILES string of the molecule is CC#CCN1CC2(CC(F)C2)C1. The molecule has 0 aromatic carbocycles. The van der Waals surface area contributed by atoms with Crippen LogP contribution in [-0.2, 0) is 0 Å². The minimum Gasteiger partial charge on any atom is -0.291 e. The fourth-order valence-corrected chi connectivity index (χ4v) is 2.34. The molecule has 1 spiro atoms. The van der Waals surface area contributed by atoms with Gasteiger partial charge in [0.15, 0.2) is 0 Å². The van der Waals surface area contributed by atoms with Gasteiger partial charge in [-0.15, -0.1) is 5.92 Å². The van der Waals surface area contributed by atoms with E-state index in [9.17, 15) is 4.39 Å². The Morgan fingerprint density at radius 3 is 2.67 bits per heavy atom. The number of hydrogen-bond donors (Lipinski definition) is 0. The number of likely N-dealkylation sites (tertiary alicyclic amines) is 1. The van der Waals surface area contributed by atoms with Crippen molar-refractivity contribution in [2.75, 3.05) is 19.6 Å². The molecule has 66 valence electrons. The largest absolute Gasteiger partial charge is 0.291 e. The lowest BCUT2D eigenvalue weighted by Gasteiger charge is -2.56. The molecular weight excluding hydrogens is 153 g/mol. The van der Waals surface area contributed by atoms with Gasteiger partial charge in [0.2, 0.25) is 0 Å². The van der Waals surface area contributed by atoms with E-state index in [2.05, 4.69) is 16.7 Å². The summed E-state index contributed by atoms with van der Waals surface area (Å²) >= 11 is 0. The standard InChI is InChI=1S/C10H14FN/c1-2-3-4-12-7-10(8-12)5-9(11)6-10/h9H,4-8H2,1H3. The molecule has 0 aromatic heterocycles. The Kier molecular flexibility index (Phi) is 1.84. The zero-order valence-electron chi connectivity index (χ0n) is 7.44. The molecule has 0 aromatic rings. The van der Waals surface area contributed by atoms with Crippen LogP contribution < -0.4 is 0 Å². The number of hydrogen-bond acceptors (Lipinski definition) is 1. The number of halogens is 1. The molecule has 0 bridgehead atoms. The van der Waals surface area contributed by atoms with Crippen LogP contribution in [0.15, 0.2) is 0 Å². The van der Waals surface area contributed by atoms with Gasteiger partial charge in [0.1, 0.15) is 6.17 Å². The normalized spacial score (nSPS) is 27.2. The topological polar surface area (TPSA) is 3.24 Å². The first-order valence-electron chi connectivity index (χ1n) is 4.50. The van der Waals surface area contributed by atoms with E-state index < -0.39 is 6.17 Å². The first-order chi connectivity index (χ1) is 5.74. The lowest BCUT2D eigenvalue weighted by molar-refractivity contribution is -0.0961. The van der Waals surface area contributed by atoms with Crippen molar-refractivity contribution >= 4 is 0 Å². The summed E-state index contributed by atoms with van der Waals surface area (Å²) in [7, 11) is 0. The number of rotatable bonds is 1. The van der Waals surface area contributed by atoms with Gasteiger partial charge in [0, 0.05) is 18.5 Å². The van der Waals surface area contributed by atoms with Crippen molar-refractivity contribution in [3.8, 4) is 11.8 Å². The molecular formula is C10H14FN. The lowest BCUT2D eigenvalue weighted by Crippen LogP contribution is -2.62. The molecule has 1 aliphatic heterocycles. The summed E-state index contributed by atoms with van der Waals surface area (Å²) in [5.74, 6) is 5.90. The van der Waals surface area contributed by atoms with Crippen LogP contribution in [0.25, 0.3) is 0 Å². The Bertz CT molecular complexity index is 224. The molecule has 0 unspecified atom stereocenters. The first kappa shape index (κ1) is 8.07. The van der Waals surface area contributed by atoms with E-state index in [1.807, 2.05) is 6.92 Å². The summed E-state index contributed by atoms with van der Waals surface area (Å²) < 4.78 is 12.6. The van der Waals surface area contributed by atoms with Crippen LogP contribution in [0.1, 0.15) is 19.8 Å². The number of nitrogens with zero attached hydrogens (tertiary/aromatic N) is 1. The van der Waals surface area contributed by atoms with Gasteiger partial charge >= 0.3 is 0 Å². The summed E-state index contributed by atoms with van der Waals surface area (Å²) in [5, 5.41) is 0. The average Bonchev–Trinajstić information content (AvgIpc) is 1.91. The van der Waals surface area contributed by atoms with E-state index in [1.54, 1.807) is 0 Å². The molecule has 2 aliphatic rings. The van der Waals surface area contributed by atoms with Crippen LogP contribution >= 0.6 is 0 Å². The van der Waals surface area contributed by atoms with Crippen molar-refractivity contribution in [1.29, 1.82) is 0 Å². The highest BCUT2D eigenvalue weighted by Crippen LogP contribution is 2.49. The highest BCUT2D eigenvalue weighted by molar-refractivity contribution is 5.08. The van der Waals surface area contributed by atoms with Gasteiger partial charge < -0.3 is 0 Å². The van der Waals surface area contributed by atoms with Crippen molar-refractivity contribution in [3.63, 3.8) is 0 Å². The highest BCUT2D eigenvalue weighted by Gasteiger charge is 2.52. The first-order valence-corrected chi connectivity index (χ1v) is 4.50. The van der Waals surface area contributed by atoms with Gasteiger partial charge in [0.05, 0.1) is 6.54 Å². The van der Waals surface area contributed by atoms with Crippen LogP contribution in [0.2, 0.25) is 0 Å². The van der Waals surface area contributed by atoms with E-state index in [0.29, 0.717) is 5.41 Å². The third-order valence-electron chi connectivity index (χ3n) is 2.91. The lowest BCUT2D eigenvalue weighted by atomic mass is 9.62. The van der Waals surface area contributed by atoms with Crippen LogP contribution in [0.5, 0.6) is 0 Å². The minimum absolute atomic E-state index is 0.370. The third kappa shape index (κ3) is 1.23. The summed E-state index contributed by atoms with van der Waals surface area (Å²) in [6, 6.07) is 0. The van der Waals surface area contributed by atoms with Gasteiger partial charge in [-0.05, 0) is 19.8 Å².